The zero-order valence-corrected chi connectivity index (χ0v) is 9.76. The molecule has 6 nitrogen and oxygen atoms in total. The summed E-state index contributed by atoms with van der Waals surface area (Å²) in [6.07, 6.45) is 0. The van der Waals surface area contributed by atoms with Gasteiger partial charge in [0.1, 0.15) is 17.4 Å². The molecule has 1 aromatic rings. The molecule has 1 aliphatic rings. The summed E-state index contributed by atoms with van der Waals surface area (Å²) in [4.78, 5) is 23.6. The van der Waals surface area contributed by atoms with Gasteiger partial charge in [-0.1, -0.05) is 6.07 Å². The molecule has 98 valence electrons. The van der Waals surface area contributed by atoms with Gasteiger partial charge in [-0.2, -0.15) is 5.26 Å². The van der Waals surface area contributed by atoms with Crippen molar-refractivity contribution in [1.29, 1.82) is 5.26 Å². The number of hydrogen-bond acceptors (Lipinski definition) is 3. The van der Waals surface area contributed by atoms with E-state index in [-0.39, 0.29) is 24.3 Å². The fraction of sp³-hybridized carbons (Fsp3) is 0.250. The highest BCUT2D eigenvalue weighted by Gasteiger charge is 2.35. The summed E-state index contributed by atoms with van der Waals surface area (Å²) in [5, 5.41) is 19.9. The topological polar surface area (TPSA) is 93.4 Å². The first-order valence-electron chi connectivity index (χ1n) is 5.50. The van der Waals surface area contributed by atoms with Gasteiger partial charge in [0, 0.05) is 13.1 Å². The highest BCUT2D eigenvalue weighted by Crippen LogP contribution is 2.21. The first-order chi connectivity index (χ1) is 9.02. The van der Waals surface area contributed by atoms with Crippen molar-refractivity contribution in [2.24, 2.45) is 5.92 Å². The molecule has 0 spiro atoms. The third-order valence-electron chi connectivity index (χ3n) is 2.89. The van der Waals surface area contributed by atoms with Gasteiger partial charge in [0.2, 0.25) is 0 Å². The van der Waals surface area contributed by atoms with Crippen LogP contribution >= 0.6 is 0 Å². The average molecular weight is 263 g/mol. The van der Waals surface area contributed by atoms with Crippen LogP contribution in [-0.2, 0) is 4.79 Å². The largest absolute Gasteiger partial charge is 0.481 e. The number of carbonyl (C=O) groups is 2. The highest BCUT2D eigenvalue weighted by atomic mass is 19.1. The van der Waals surface area contributed by atoms with Crippen LogP contribution < -0.4 is 5.32 Å². The molecule has 19 heavy (non-hydrogen) atoms. The lowest BCUT2D eigenvalue weighted by Crippen LogP contribution is -2.54. The maximum absolute atomic E-state index is 13.3. The van der Waals surface area contributed by atoms with Crippen molar-refractivity contribution in [2.75, 3.05) is 18.4 Å². The molecular formula is C12H10FN3O3. The number of amides is 2. The quantitative estimate of drug-likeness (QED) is 0.839. The Morgan fingerprint density at radius 1 is 1.47 bits per heavy atom. The Balaban J connectivity index is 2.03. The van der Waals surface area contributed by atoms with Gasteiger partial charge in [0.15, 0.2) is 0 Å². The maximum atomic E-state index is 13.3. The molecule has 1 heterocycles. The second-order valence-corrected chi connectivity index (χ2v) is 4.14. The van der Waals surface area contributed by atoms with Crippen LogP contribution in [0, 0.1) is 23.1 Å². The normalized spacial score (nSPS) is 14.4. The molecule has 2 N–H and O–H groups in total. The number of carboxylic acids is 1. The van der Waals surface area contributed by atoms with Gasteiger partial charge in [-0.15, -0.1) is 0 Å². The average Bonchev–Trinajstić information content (AvgIpc) is 2.26. The molecule has 1 fully saturated rings. The van der Waals surface area contributed by atoms with Crippen LogP contribution in [0.4, 0.5) is 14.9 Å². The zero-order chi connectivity index (χ0) is 14.0. The Kier molecular flexibility index (Phi) is 3.33. The van der Waals surface area contributed by atoms with Crippen LogP contribution in [-0.4, -0.2) is 35.1 Å². The molecule has 1 aliphatic heterocycles. The Labute approximate surface area is 108 Å². The lowest BCUT2D eigenvalue weighted by atomic mass is 10.0. The van der Waals surface area contributed by atoms with Gasteiger partial charge in [-0.3, -0.25) is 4.79 Å². The summed E-state index contributed by atoms with van der Waals surface area (Å²) in [6, 6.07) is 5.04. The van der Waals surface area contributed by atoms with Crippen LogP contribution in [0.15, 0.2) is 18.2 Å². The van der Waals surface area contributed by atoms with E-state index < -0.39 is 23.7 Å². The SMILES string of the molecule is N#Cc1c(F)cccc1NC(=O)N1CC(C(=O)O)C1. The predicted molar refractivity (Wildman–Crippen MR) is 62.8 cm³/mol. The molecule has 0 saturated carbocycles. The molecule has 1 saturated heterocycles. The van der Waals surface area contributed by atoms with Gasteiger partial charge >= 0.3 is 12.0 Å². The standard InChI is InChI=1S/C12H10FN3O3/c13-9-2-1-3-10(8(9)4-14)15-12(19)16-5-7(6-16)11(17)18/h1-3,7H,5-6H2,(H,15,19)(H,17,18). The molecule has 0 aromatic heterocycles. The summed E-state index contributed by atoms with van der Waals surface area (Å²) >= 11 is 0. The van der Waals surface area contributed by atoms with Crippen LogP contribution in [0.3, 0.4) is 0 Å². The minimum atomic E-state index is -0.951. The fourth-order valence-electron chi connectivity index (χ4n) is 1.74. The Morgan fingerprint density at radius 3 is 2.74 bits per heavy atom. The highest BCUT2D eigenvalue weighted by molar-refractivity contribution is 5.92. The van der Waals surface area contributed by atoms with E-state index in [1.54, 1.807) is 6.07 Å². The minimum Gasteiger partial charge on any atom is -0.481 e. The van der Waals surface area contributed by atoms with Gasteiger partial charge in [-0.25, -0.2) is 9.18 Å². The summed E-state index contributed by atoms with van der Waals surface area (Å²) < 4.78 is 13.3. The van der Waals surface area contributed by atoms with Crippen molar-refractivity contribution in [2.45, 2.75) is 0 Å². The van der Waals surface area contributed by atoms with E-state index >= 15 is 0 Å². The number of urea groups is 1. The van der Waals surface area contributed by atoms with E-state index in [0.29, 0.717) is 0 Å². The molecule has 0 unspecified atom stereocenters. The van der Waals surface area contributed by atoms with E-state index in [0.717, 1.165) is 6.07 Å². The van der Waals surface area contributed by atoms with Crippen molar-refractivity contribution < 1.29 is 19.1 Å². The molecule has 2 rings (SSSR count). The number of nitrogens with zero attached hydrogens (tertiary/aromatic N) is 2. The number of rotatable bonds is 2. The molecule has 0 aliphatic carbocycles. The van der Waals surface area contributed by atoms with Gasteiger partial charge in [0.05, 0.1) is 11.6 Å². The monoisotopic (exact) mass is 263 g/mol. The first kappa shape index (κ1) is 12.8. The molecule has 1 aromatic carbocycles. The predicted octanol–water partition coefficient (Wildman–Crippen LogP) is 1.25. The molecule has 0 radical (unpaired) electrons. The van der Waals surface area contributed by atoms with Crippen molar-refractivity contribution in [1.82, 2.24) is 4.90 Å². The summed E-state index contributed by atoms with van der Waals surface area (Å²) in [6.45, 7) is 0.219. The molecular weight excluding hydrogens is 253 g/mol. The minimum absolute atomic E-state index is 0.0753. The van der Waals surface area contributed by atoms with Crippen molar-refractivity contribution in [3.05, 3.63) is 29.6 Å². The third-order valence-corrected chi connectivity index (χ3v) is 2.89. The van der Waals surface area contributed by atoms with Crippen LogP contribution in [0.25, 0.3) is 0 Å². The molecule has 0 bridgehead atoms. The first-order valence-corrected chi connectivity index (χ1v) is 5.50. The van der Waals surface area contributed by atoms with Crippen molar-refractivity contribution in [3.8, 4) is 6.07 Å². The zero-order valence-electron chi connectivity index (χ0n) is 9.76. The van der Waals surface area contributed by atoms with Gasteiger partial charge < -0.3 is 15.3 Å². The fourth-order valence-corrected chi connectivity index (χ4v) is 1.74. The van der Waals surface area contributed by atoms with E-state index in [4.69, 9.17) is 10.4 Å². The number of hydrogen-bond donors (Lipinski definition) is 2. The molecule has 0 atom stereocenters. The van der Waals surface area contributed by atoms with Crippen LogP contribution in [0.2, 0.25) is 0 Å². The number of benzene rings is 1. The maximum Gasteiger partial charge on any atom is 0.321 e. The number of likely N-dealkylation sites (tertiary alicyclic amines) is 1. The Bertz CT molecular complexity index is 576. The lowest BCUT2D eigenvalue weighted by Gasteiger charge is -2.36. The van der Waals surface area contributed by atoms with Gasteiger partial charge in [-0.05, 0) is 12.1 Å². The second kappa shape index (κ2) is 4.94. The summed E-state index contributed by atoms with van der Waals surface area (Å²) in [5.41, 5.74) is -0.169. The lowest BCUT2D eigenvalue weighted by molar-refractivity contribution is -0.145. The van der Waals surface area contributed by atoms with Gasteiger partial charge in [0.25, 0.3) is 0 Å². The number of anilines is 1. The van der Waals surface area contributed by atoms with E-state index in [9.17, 15) is 14.0 Å². The van der Waals surface area contributed by atoms with Crippen LogP contribution in [0.5, 0.6) is 0 Å². The Morgan fingerprint density at radius 2 is 2.16 bits per heavy atom. The second-order valence-electron chi connectivity index (χ2n) is 4.14. The van der Waals surface area contributed by atoms with E-state index in [1.165, 1.54) is 17.0 Å². The van der Waals surface area contributed by atoms with E-state index in [2.05, 4.69) is 5.32 Å². The summed E-state index contributed by atoms with van der Waals surface area (Å²) in [7, 11) is 0. The van der Waals surface area contributed by atoms with Crippen molar-refractivity contribution >= 4 is 17.7 Å². The number of aliphatic carboxylic acids is 1. The van der Waals surface area contributed by atoms with Crippen LogP contribution in [0.1, 0.15) is 5.56 Å². The van der Waals surface area contributed by atoms with Crippen molar-refractivity contribution in [3.63, 3.8) is 0 Å². The molecule has 7 heteroatoms. The number of carboxylic acid groups (broad SMARTS) is 1. The smallest absolute Gasteiger partial charge is 0.321 e. The summed E-state index contributed by atoms with van der Waals surface area (Å²) in [5.74, 6) is -2.23. The third kappa shape index (κ3) is 2.47. The number of carbonyl (C=O) groups excluding carboxylic acids is 1. The van der Waals surface area contributed by atoms with E-state index in [1.807, 2.05) is 0 Å². The number of halogens is 1. The number of nitrogens with one attached hydrogen (secondary N) is 1. The molecule has 2 amide bonds. The Hall–Kier alpha value is -2.62. The number of nitriles is 1.